The molecule has 182 valence electrons. The molecule has 2 aromatic carbocycles. The van der Waals surface area contributed by atoms with Crippen LogP contribution < -0.4 is 9.47 Å². The summed E-state index contributed by atoms with van der Waals surface area (Å²) in [5.41, 5.74) is 2.97. The third kappa shape index (κ3) is 6.90. The van der Waals surface area contributed by atoms with Crippen LogP contribution in [0.3, 0.4) is 0 Å². The summed E-state index contributed by atoms with van der Waals surface area (Å²) >= 11 is 6.46. The first kappa shape index (κ1) is 25.9. The van der Waals surface area contributed by atoms with Crippen molar-refractivity contribution in [1.82, 2.24) is 9.97 Å². The zero-order valence-electron chi connectivity index (χ0n) is 19.6. The van der Waals surface area contributed by atoms with Crippen LogP contribution in [-0.2, 0) is 11.2 Å². The van der Waals surface area contributed by atoms with E-state index >= 15 is 0 Å². The molecule has 0 amide bonds. The monoisotopic (exact) mass is 486 g/mol. The first-order chi connectivity index (χ1) is 16.5. The molecule has 0 saturated carbocycles. The van der Waals surface area contributed by atoms with E-state index in [1.54, 1.807) is 6.07 Å². The highest BCUT2D eigenvalue weighted by molar-refractivity contribution is 6.31. The summed E-state index contributed by atoms with van der Waals surface area (Å²) in [6.45, 7) is 3.89. The number of nitrogens with zero attached hydrogens (tertiary/aromatic N) is 2. The molecule has 0 bridgehead atoms. The van der Waals surface area contributed by atoms with Gasteiger partial charge in [-0.1, -0.05) is 49.7 Å². The lowest BCUT2D eigenvalue weighted by Gasteiger charge is -2.32. The molecule has 3 atom stereocenters. The van der Waals surface area contributed by atoms with Gasteiger partial charge >= 0.3 is 0 Å². The smallest absolute Gasteiger partial charge is 0.226 e. The minimum absolute atomic E-state index is 0.107. The predicted molar refractivity (Wildman–Crippen MR) is 131 cm³/mol. The summed E-state index contributed by atoms with van der Waals surface area (Å²) in [5, 5.41) is 20.2. The molecule has 0 spiro atoms. The highest BCUT2D eigenvalue weighted by Gasteiger charge is 2.29. The Balaban J connectivity index is 0.00000158. The van der Waals surface area contributed by atoms with Gasteiger partial charge in [0.15, 0.2) is 0 Å². The van der Waals surface area contributed by atoms with Gasteiger partial charge in [0.25, 0.3) is 0 Å². The number of aliphatic hydroxyl groups excluding tert-OH is 2. The van der Waals surface area contributed by atoms with Gasteiger partial charge in [0.05, 0.1) is 38.1 Å². The number of aromatic nitrogens is 2. The number of benzene rings is 2. The fraction of sp³-hybridized carbons (Fsp3) is 0.385. The van der Waals surface area contributed by atoms with E-state index in [1.165, 1.54) is 13.4 Å². The van der Waals surface area contributed by atoms with E-state index in [4.69, 9.17) is 25.8 Å². The molecule has 4 rings (SSSR count). The van der Waals surface area contributed by atoms with Gasteiger partial charge in [-0.25, -0.2) is 9.97 Å². The summed E-state index contributed by atoms with van der Waals surface area (Å²) in [6, 6.07) is 15.1. The molecule has 0 unspecified atom stereocenters. The average Bonchev–Trinajstić information content (AvgIpc) is 2.87. The maximum absolute atomic E-state index is 10.1. The minimum Gasteiger partial charge on any atom is -0.481 e. The topological polar surface area (TPSA) is 93.9 Å². The Kier molecular flexibility index (Phi) is 9.65. The predicted octanol–water partition coefficient (Wildman–Crippen LogP) is 5.12. The SMILES string of the molecule is CC.COc1cc(Oc2ccc(Cc3cc([C@H]4C[C@@H](O)C[C@@H](CO)O4)ccc3Cl)cc2)ncn1. The van der Waals surface area contributed by atoms with Crippen molar-refractivity contribution in [2.45, 2.75) is 51.4 Å². The fourth-order valence-corrected chi connectivity index (χ4v) is 3.94. The average molecular weight is 487 g/mol. The van der Waals surface area contributed by atoms with Crippen LogP contribution in [0.1, 0.15) is 49.5 Å². The number of rotatable bonds is 7. The Labute approximate surface area is 205 Å². The van der Waals surface area contributed by atoms with E-state index in [1.807, 2.05) is 56.3 Å². The van der Waals surface area contributed by atoms with Crippen LogP contribution in [0.25, 0.3) is 0 Å². The van der Waals surface area contributed by atoms with Crippen LogP contribution in [0.5, 0.6) is 17.5 Å². The first-order valence-corrected chi connectivity index (χ1v) is 11.8. The van der Waals surface area contributed by atoms with Crippen molar-refractivity contribution in [2.75, 3.05) is 13.7 Å². The summed E-state index contributed by atoms with van der Waals surface area (Å²) in [7, 11) is 1.54. The summed E-state index contributed by atoms with van der Waals surface area (Å²) < 4.78 is 16.8. The molecule has 7 nitrogen and oxygen atoms in total. The molecule has 1 aliphatic rings. The van der Waals surface area contributed by atoms with E-state index in [0.29, 0.717) is 41.8 Å². The van der Waals surface area contributed by atoms with Crippen molar-refractivity contribution in [3.63, 3.8) is 0 Å². The van der Waals surface area contributed by atoms with Gasteiger partial charge in [-0.2, -0.15) is 0 Å². The standard InChI is InChI=1S/C24H25ClN2O5.C2H6/c1-30-23-12-24(27-14-26-23)32-19-5-2-15(3-6-19)8-17-9-16(4-7-21(17)25)22-11-18(29)10-20(13-28)31-22;1-2/h2-7,9,12,14,18,20,22,28-29H,8,10-11,13H2,1H3;1-2H3/t18-,20-,22+;/m0./s1. The Morgan fingerprint density at radius 2 is 1.76 bits per heavy atom. The zero-order chi connectivity index (χ0) is 24.5. The van der Waals surface area contributed by atoms with Gasteiger partial charge in [-0.05, 0) is 41.3 Å². The van der Waals surface area contributed by atoms with Gasteiger partial charge < -0.3 is 24.4 Å². The molecular weight excluding hydrogens is 456 g/mol. The van der Waals surface area contributed by atoms with Gasteiger partial charge in [0.2, 0.25) is 11.8 Å². The molecule has 1 aromatic heterocycles. The van der Waals surface area contributed by atoms with Gasteiger partial charge in [0, 0.05) is 17.9 Å². The van der Waals surface area contributed by atoms with Gasteiger partial charge in [-0.3, -0.25) is 0 Å². The van der Waals surface area contributed by atoms with E-state index < -0.39 is 6.10 Å². The number of methoxy groups -OCH3 is 1. The number of hydrogen-bond donors (Lipinski definition) is 2. The lowest BCUT2D eigenvalue weighted by molar-refractivity contribution is -0.113. The lowest BCUT2D eigenvalue weighted by Crippen LogP contribution is -2.33. The number of aliphatic hydroxyl groups is 2. The molecule has 0 aliphatic carbocycles. The largest absolute Gasteiger partial charge is 0.481 e. The number of hydrogen-bond acceptors (Lipinski definition) is 7. The van der Waals surface area contributed by atoms with Crippen molar-refractivity contribution in [3.8, 4) is 17.5 Å². The normalized spacial score (nSPS) is 19.6. The van der Waals surface area contributed by atoms with Crippen molar-refractivity contribution in [1.29, 1.82) is 0 Å². The Hall–Kier alpha value is -2.71. The lowest BCUT2D eigenvalue weighted by atomic mass is 9.94. The third-order valence-corrected chi connectivity index (χ3v) is 5.76. The number of halogens is 1. The van der Waals surface area contributed by atoms with E-state index in [2.05, 4.69) is 9.97 Å². The van der Waals surface area contributed by atoms with Crippen molar-refractivity contribution >= 4 is 11.6 Å². The van der Waals surface area contributed by atoms with Crippen LogP contribution >= 0.6 is 11.6 Å². The summed E-state index contributed by atoms with van der Waals surface area (Å²) in [4.78, 5) is 8.04. The second-order valence-electron chi connectivity index (χ2n) is 7.73. The summed E-state index contributed by atoms with van der Waals surface area (Å²) in [5.74, 6) is 1.48. The van der Waals surface area contributed by atoms with Crippen molar-refractivity contribution in [2.24, 2.45) is 0 Å². The maximum Gasteiger partial charge on any atom is 0.226 e. The van der Waals surface area contributed by atoms with Crippen molar-refractivity contribution in [3.05, 3.63) is 76.6 Å². The first-order valence-electron chi connectivity index (χ1n) is 11.4. The molecule has 0 radical (unpaired) electrons. The zero-order valence-corrected chi connectivity index (χ0v) is 20.4. The molecule has 3 aromatic rings. The molecule has 1 fully saturated rings. The second kappa shape index (κ2) is 12.7. The molecule has 1 aliphatic heterocycles. The molecule has 2 heterocycles. The van der Waals surface area contributed by atoms with Gasteiger partial charge in [0.1, 0.15) is 12.1 Å². The minimum atomic E-state index is -0.493. The molecule has 34 heavy (non-hydrogen) atoms. The molecule has 2 N–H and O–H groups in total. The Morgan fingerprint density at radius 3 is 2.47 bits per heavy atom. The number of ether oxygens (including phenoxy) is 3. The fourth-order valence-electron chi connectivity index (χ4n) is 3.76. The highest BCUT2D eigenvalue weighted by atomic mass is 35.5. The van der Waals surface area contributed by atoms with E-state index in [9.17, 15) is 10.2 Å². The van der Waals surface area contributed by atoms with Gasteiger partial charge in [-0.15, -0.1) is 0 Å². The molecular formula is C26H31ClN2O5. The van der Waals surface area contributed by atoms with E-state index in [0.717, 1.165) is 16.7 Å². The van der Waals surface area contributed by atoms with Crippen LogP contribution in [-0.4, -0.2) is 46.1 Å². The van der Waals surface area contributed by atoms with Crippen LogP contribution in [0, 0.1) is 0 Å². The van der Waals surface area contributed by atoms with Crippen LogP contribution in [0.15, 0.2) is 54.9 Å². The second-order valence-corrected chi connectivity index (χ2v) is 8.13. The Morgan fingerprint density at radius 1 is 1.03 bits per heavy atom. The highest BCUT2D eigenvalue weighted by Crippen LogP contribution is 2.34. The third-order valence-electron chi connectivity index (χ3n) is 5.39. The molecule has 8 heteroatoms. The van der Waals surface area contributed by atoms with Crippen LogP contribution in [0.4, 0.5) is 0 Å². The summed E-state index contributed by atoms with van der Waals surface area (Å²) in [6.07, 6.45) is 1.84. The van der Waals surface area contributed by atoms with Crippen LogP contribution in [0.2, 0.25) is 5.02 Å². The maximum atomic E-state index is 10.1. The molecule has 1 saturated heterocycles. The Bertz CT molecular complexity index is 1050. The quantitative estimate of drug-likeness (QED) is 0.478. The van der Waals surface area contributed by atoms with Crippen molar-refractivity contribution < 1.29 is 24.4 Å². The van der Waals surface area contributed by atoms with E-state index in [-0.39, 0.29) is 18.8 Å².